The summed E-state index contributed by atoms with van der Waals surface area (Å²) in [7, 11) is 0. The molecular weight excluding hydrogens is 376 g/mol. The minimum Gasteiger partial charge on any atom is -0.480 e. The fraction of sp³-hybridized carbons (Fsp3) is 0.130. The van der Waals surface area contributed by atoms with Gasteiger partial charge in [0.2, 0.25) is 5.91 Å². The first-order valence-corrected chi connectivity index (χ1v) is 9.01. The van der Waals surface area contributed by atoms with Crippen molar-refractivity contribution >= 4 is 11.9 Å². The van der Waals surface area contributed by atoms with Gasteiger partial charge >= 0.3 is 5.97 Å². The maximum Gasteiger partial charge on any atom is 0.327 e. The monoisotopic (exact) mass is 395 g/mol. The largest absolute Gasteiger partial charge is 0.480 e. The van der Waals surface area contributed by atoms with Gasteiger partial charge in [-0.15, -0.1) is 0 Å². The third-order valence-electron chi connectivity index (χ3n) is 4.60. The van der Waals surface area contributed by atoms with E-state index in [2.05, 4.69) is 5.32 Å². The Morgan fingerprint density at radius 3 is 1.90 bits per heavy atom. The lowest BCUT2D eigenvalue weighted by molar-refractivity contribution is -0.142. The van der Waals surface area contributed by atoms with E-state index in [1.54, 1.807) is 48.5 Å². The summed E-state index contributed by atoms with van der Waals surface area (Å²) in [6.07, 6.45) is -0.397. The van der Waals surface area contributed by atoms with Crippen LogP contribution in [-0.4, -0.2) is 23.0 Å². The van der Waals surface area contributed by atoms with Crippen molar-refractivity contribution in [3.63, 3.8) is 0 Å². The van der Waals surface area contributed by atoms with Crippen LogP contribution in [0.4, 0.5) is 8.78 Å². The number of amides is 1. The number of carboxylic acid groups (broad SMARTS) is 1. The van der Waals surface area contributed by atoms with Crippen LogP contribution in [0.3, 0.4) is 0 Å². The molecule has 3 aromatic carbocycles. The van der Waals surface area contributed by atoms with E-state index in [1.807, 2.05) is 12.1 Å². The van der Waals surface area contributed by atoms with Crippen LogP contribution < -0.4 is 5.32 Å². The molecule has 0 saturated heterocycles. The van der Waals surface area contributed by atoms with Gasteiger partial charge < -0.3 is 10.4 Å². The van der Waals surface area contributed by atoms with Gasteiger partial charge in [0, 0.05) is 12.0 Å². The summed E-state index contributed by atoms with van der Waals surface area (Å²) in [4.78, 5) is 24.5. The first-order valence-electron chi connectivity index (χ1n) is 9.01. The number of hydrogen-bond acceptors (Lipinski definition) is 2. The molecule has 148 valence electrons. The average molecular weight is 395 g/mol. The third kappa shape index (κ3) is 5.04. The second kappa shape index (κ2) is 9.10. The highest BCUT2D eigenvalue weighted by Crippen LogP contribution is 2.28. The molecular formula is C23H19F2NO3. The van der Waals surface area contributed by atoms with E-state index in [-0.39, 0.29) is 5.56 Å². The van der Waals surface area contributed by atoms with Crippen LogP contribution >= 0.6 is 0 Å². The van der Waals surface area contributed by atoms with Crippen molar-refractivity contribution in [3.05, 3.63) is 107 Å². The number of halogens is 2. The summed E-state index contributed by atoms with van der Waals surface area (Å²) in [6.45, 7) is 0. The van der Waals surface area contributed by atoms with Crippen LogP contribution in [0.5, 0.6) is 0 Å². The van der Waals surface area contributed by atoms with Crippen molar-refractivity contribution in [2.24, 2.45) is 0 Å². The Morgan fingerprint density at radius 2 is 1.41 bits per heavy atom. The first kappa shape index (κ1) is 20.2. The molecule has 0 spiro atoms. The number of rotatable bonds is 7. The van der Waals surface area contributed by atoms with Gasteiger partial charge in [-0.3, -0.25) is 4.79 Å². The quantitative estimate of drug-likeness (QED) is 0.638. The fourth-order valence-corrected chi connectivity index (χ4v) is 3.25. The average Bonchev–Trinajstić information content (AvgIpc) is 2.71. The van der Waals surface area contributed by atoms with E-state index in [4.69, 9.17) is 0 Å². The molecule has 3 aromatic rings. The molecule has 0 bridgehead atoms. The van der Waals surface area contributed by atoms with Crippen LogP contribution in [-0.2, 0) is 16.0 Å². The molecule has 4 nitrogen and oxygen atoms in total. The van der Waals surface area contributed by atoms with E-state index < -0.39 is 41.9 Å². The number of benzene rings is 3. The second-order valence-corrected chi connectivity index (χ2v) is 6.59. The summed E-state index contributed by atoms with van der Waals surface area (Å²) < 4.78 is 26.9. The number of hydrogen-bond donors (Lipinski definition) is 2. The van der Waals surface area contributed by atoms with E-state index >= 15 is 0 Å². The number of aliphatic carboxylic acids is 1. The van der Waals surface area contributed by atoms with Crippen molar-refractivity contribution < 1.29 is 23.5 Å². The lowest BCUT2D eigenvalue weighted by Crippen LogP contribution is -2.46. The van der Waals surface area contributed by atoms with Gasteiger partial charge in [0.25, 0.3) is 0 Å². The van der Waals surface area contributed by atoms with Gasteiger partial charge in [-0.25, -0.2) is 13.6 Å². The zero-order valence-electron chi connectivity index (χ0n) is 15.4. The molecule has 1 amide bonds. The maximum atomic E-state index is 13.9. The molecule has 0 heterocycles. The highest BCUT2D eigenvalue weighted by molar-refractivity contribution is 5.86. The molecule has 0 aliphatic rings. The van der Waals surface area contributed by atoms with Crippen molar-refractivity contribution in [1.29, 1.82) is 0 Å². The summed E-state index contributed by atoms with van der Waals surface area (Å²) in [5, 5.41) is 12.3. The molecule has 0 aliphatic heterocycles. The van der Waals surface area contributed by atoms with Crippen molar-refractivity contribution in [2.75, 3.05) is 0 Å². The van der Waals surface area contributed by atoms with Gasteiger partial charge in [-0.05, 0) is 22.8 Å². The SMILES string of the molecule is O=C(Cc1ccc(F)cc1F)N[C@@H](C(=O)O)C(c1ccccc1)c1ccccc1. The van der Waals surface area contributed by atoms with E-state index in [0.717, 1.165) is 17.2 Å². The van der Waals surface area contributed by atoms with Crippen LogP contribution in [0.1, 0.15) is 22.6 Å². The number of carboxylic acids is 1. The van der Waals surface area contributed by atoms with E-state index in [0.29, 0.717) is 6.07 Å². The lowest BCUT2D eigenvalue weighted by atomic mass is 9.85. The number of nitrogens with one attached hydrogen (secondary N) is 1. The molecule has 0 saturated carbocycles. The molecule has 29 heavy (non-hydrogen) atoms. The lowest BCUT2D eigenvalue weighted by Gasteiger charge is -2.26. The Morgan fingerprint density at radius 1 is 0.862 bits per heavy atom. The van der Waals surface area contributed by atoms with Crippen LogP contribution in [0.25, 0.3) is 0 Å². The van der Waals surface area contributed by atoms with E-state index in [9.17, 15) is 23.5 Å². The highest BCUT2D eigenvalue weighted by Gasteiger charge is 2.32. The second-order valence-electron chi connectivity index (χ2n) is 6.59. The van der Waals surface area contributed by atoms with Gasteiger partial charge in [0.05, 0.1) is 6.42 Å². The molecule has 0 unspecified atom stereocenters. The summed E-state index contributed by atoms with van der Waals surface area (Å²) in [5.74, 6) is -4.12. The Hall–Kier alpha value is -3.54. The normalized spacial score (nSPS) is 11.8. The first-order chi connectivity index (χ1) is 14.0. The predicted octanol–water partition coefficient (Wildman–Crippen LogP) is 3.91. The Bertz CT molecular complexity index is 954. The third-order valence-corrected chi connectivity index (χ3v) is 4.60. The van der Waals surface area contributed by atoms with Crippen LogP contribution in [0, 0.1) is 11.6 Å². The molecule has 0 aromatic heterocycles. The van der Waals surface area contributed by atoms with Gasteiger partial charge in [-0.1, -0.05) is 66.7 Å². The van der Waals surface area contributed by atoms with E-state index in [1.165, 1.54) is 6.07 Å². The molecule has 0 fully saturated rings. The van der Waals surface area contributed by atoms with Crippen LogP contribution in [0.15, 0.2) is 78.9 Å². The van der Waals surface area contributed by atoms with Crippen molar-refractivity contribution in [3.8, 4) is 0 Å². The molecule has 0 radical (unpaired) electrons. The Kier molecular flexibility index (Phi) is 6.34. The smallest absolute Gasteiger partial charge is 0.327 e. The molecule has 6 heteroatoms. The Labute approximate surface area is 166 Å². The summed E-state index contributed by atoms with van der Waals surface area (Å²) in [5.41, 5.74) is 1.43. The van der Waals surface area contributed by atoms with Crippen LogP contribution in [0.2, 0.25) is 0 Å². The number of carbonyl (C=O) groups excluding carboxylic acids is 1. The van der Waals surface area contributed by atoms with Gasteiger partial charge in [0.1, 0.15) is 17.7 Å². The van der Waals surface area contributed by atoms with Crippen molar-refractivity contribution in [2.45, 2.75) is 18.4 Å². The zero-order valence-corrected chi connectivity index (χ0v) is 15.4. The molecule has 1 atom stereocenters. The van der Waals surface area contributed by atoms with Gasteiger partial charge in [0.15, 0.2) is 0 Å². The van der Waals surface area contributed by atoms with Gasteiger partial charge in [-0.2, -0.15) is 0 Å². The topological polar surface area (TPSA) is 66.4 Å². The zero-order chi connectivity index (χ0) is 20.8. The minimum atomic E-state index is -1.27. The fourth-order valence-electron chi connectivity index (χ4n) is 3.25. The summed E-state index contributed by atoms with van der Waals surface area (Å²) in [6, 6.07) is 19.6. The number of carbonyl (C=O) groups is 2. The Balaban J connectivity index is 1.89. The highest BCUT2D eigenvalue weighted by atomic mass is 19.1. The standard InChI is InChI=1S/C23H19F2NO3/c24-18-12-11-17(19(25)14-18)13-20(27)26-22(23(28)29)21(15-7-3-1-4-8-15)16-9-5-2-6-10-16/h1-12,14,21-22H,13H2,(H,26,27)(H,28,29)/t22-/m1/s1. The van der Waals surface area contributed by atoms with Crippen molar-refractivity contribution in [1.82, 2.24) is 5.32 Å². The summed E-state index contributed by atoms with van der Waals surface area (Å²) >= 11 is 0. The molecule has 2 N–H and O–H groups in total. The predicted molar refractivity (Wildman–Crippen MR) is 104 cm³/mol. The maximum absolute atomic E-state index is 13.9. The molecule has 0 aliphatic carbocycles. The minimum absolute atomic E-state index is 0.0102. The molecule has 3 rings (SSSR count).